The van der Waals surface area contributed by atoms with Gasteiger partial charge in [0, 0.05) is 50.7 Å². The number of hydrogen-bond donors (Lipinski definition) is 2. The summed E-state index contributed by atoms with van der Waals surface area (Å²) in [4.78, 5) is 12.3. The molecular formula is C25H31N9. The molecule has 176 valence electrons. The maximum atomic E-state index is 4.99. The van der Waals surface area contributed by atoms with Crippen molar-refractivity contribution in [2.24, 2.45) is 5.41 Å². The van der Waals surface area contributed by atoms with Crippen molar-refractivity contribution < 1.29 is 0 Å². The normalized spacial score (nSPS) is 17.4. The molecule has 2 fully saturated rings. The smallest absolute Gasteiger partial charge is 0.230 e. The molecule has 0 radical (unpaired) electrons. The zero-order valence-corrected chi connectivity index (χ0v) is 19.8. The lowest BCUT2D eigenvalue weighted by atomic mass is 9.73. The van der Waals surface area contributed by atoms with Gasteiger partial charge in [-0.25, -0.2) is 4.68 Å². The van der Waals surface area contributed by atoms with Gasteiger partial charge in [-0.05, 0) is 41.9 Å². The number of aromatic nitrogens is 6. The van der Waals surface area contributed by atoms with Gasteiger partial charge in [0.05, 0.1) is 11.9 Å². The van der Waals surface area contributed by atoms with Crippen LogP contribution in [0.5, 0.6) is 0 Å². The minimum absolute atomic E-state index is 0.333. The maximum absolute atomic E-state index is 4.99. The van der Waals surface area contributed by atoms with Crippen LogP contribution in [0.1, 0.15) is 43.7 Å². The molecule has 5 heterocycles. The van der Waals surface area contributed by atoms with Crippen LogP contribution in [-0.4, -0.2) is 55.5 Å². The summed E-state index contributed by atoms with van der Waals surface area (Å²) < 4.78 is 3.73. The molecule has 0 saturated carbocycles. The summed E-state index contributed by atoms with van der Waals surface area (Å²) in [6.45, 7) is 9.23. The third-order valence-electron chi connectivity index (χ3n) is 7.29. The summed E-state index contributed by atoms with van der Waals surface area (Å²) in [6.07, 6.45) is 8.05. The van der Waals surface area contributed by atoms with E-state index >= 15 is 0 Å². The topological polar surface area (TPSA) is 88.2 Å². The van der Waals surface area contributed by atoms with E-state index in [0.717, 1.165) is 54.6 Å². The van der Waals surface area contributed by atoms with Crippen LogP contribution in [0, 0.1) is 5.41 Å². The van der Waals surface area contributed by atoms with Crippen molar-refractivity contribution in [2.45, 2.75) is 39.2 Å². The van der Waals surface area contributed by atoms with Crippen molar-refractivity contribution in [1.82, 2.24) is 34.7 Å². The van der Waals surface area contributed by atoms with Gasteiger partial charge in [0.25, 0.3) is 0 Å². The number of para-hydroxylation sites is 1. The first kappa shape index (κ1) is 21.1. The Kier molecular flexibility index (Phi) is 5.21. The van der Waals surface area contributed by atoms with Crippen LogP contribution in [0.15, 0.2) is 48.9 Å². The van der Waals surface area contributed by atoms with Crippen LogP contribution >= 0.6 is 0 Å². The molecule has 1 aromatic carbocycles. The summed E-state index contributed by atoms with van der Waals surface area (Å²) in [6, 6.07) is 10.2. The van der Waals surface area contributed by atoms with Gasteiger partial charge < -0.3 is 15.5 Å². The van der Waals surface area contributed by atoms with Gasteiger partial charge in [0.2, 0.25) is 11.9 Å². The molecule has 2 N–H and O–H groups in total. The summed E-state index contributed by atoms with van der Waals surface area (Å²) >= 11 is 0. The van der Waals surface area contributed by atoms with Gasteiger partial charge in [-0.15, -0.1) is 0 Å². The largest absolute Gasteiger partial charge is 0.350 e. The zero-order chi connectivity index (χ0) is 23.1. The molecule has 2 aliphatic heterocycles. The highest BCUT2D eigenvalue weighted by Crippen LogP contribution is 2.36. The highest BCUT2D eigenvalue weighted by molar-refractivity contribution is 5.56. The average molecular weight is 458 g/mol. The minimum atomic E-state index is 0.333. The quantitative estimate of drug-likeness (QED) is 0.460. The number of hydrogen-bond acceptors (Lipinski definition) is 7. The first-order valence-electron chi connectivity index (χ1n) is 12.2. The van der Waals surface area contributed by atoms with Crippen LogP contribution in [0.4, 0.5) is 11.9 Å². The van der Waals surface area contributed by atoms with Crippen molar-refractivity contribution in [3.63, 3.8) is 0 Å². The van der Waals surface area contributed by atoms with Crippen LogP contribution < -0.4 is 15.5 Å². The van der Waals surface area contributed by atoms with Crippen LogP contribution in [0.3, 0.4) is 0 Å². The maximum Gasteiger partial charge on any atom is 0.230 e. The Morgan fingerprint density at radius 2 is 1.88 bits per heavy atom. The van der Waals surface area contributed by atoms with E-state index < -0.39 is 0 Å². The second-order valence-electron chi connectivity index (χ2n) is 9.86. The van der Waals surface area contributed by atoms with Gasteiger partial charge in [-0.1, -0.05) is 32.0 Å². The molecule has 3 aromatic heterocycles. The molecule has 9 nitrogen and oxygen atoms in total. The fourth-order valence-electron chi connectivity index (χ4n) is 5.03. The lowest BCUT2D eigenvalue weighted by Crippen LogP contribution is -2.58. The van der Waals surface area contributed by atoms with Crippen LogP contribution in [0.25, 0.3) is 11.3 Å². The second-order valence-corrected chi connectivity index (χ2v) is 9.86. The Hall–Kier alpha value is -3.46. The molecule has 0 unspecified atom stereocenters. The van der Waals surface area contributed by atoms with E-state index in [9.17, 15) is 0 Å². The number of benzene rings is 1. The monoisotopic (exact) mass is 457 g/mol. The molecule has 0 bridgehead atoms. The van der Waals surface area contributed by atoms with E-state index in [0.29, 0.717) is 23.8 Å². The van der Waals surface area contributed by atoms with E-state index in [-0.39, 0.29) is 0 Å². The van der Waals surface area contributed by atoms with E-state index in [1.54, 1.807) is 6.20 Å². The molecule has 6 rings (SSSR count). The van der Waals surface area contributed by atoms with E-state index in [4.69, 9.17) is 9.97 Å². The third-order valence-corrected chi connectivity index (χ3v) is 7.29. The number of fused-ring (bicyclic) bond motifs is 1. The van der Waals surface area contributed by atoms with Crippen molar-refractivity contribution in [2.75, 3.05) is 36.4 Å². The van der Waals surface area contributed by atoms with Gasteiger partial charge in [0.1, 0.15) is 0 Å². The van der Waals surface area contributed by atoms with E-state index in [1.165, 1.54) is 12.8 Å². The second kappa shape index (κ2) is 8.39. The van der Waals surface area contributed by atoms with Gasteiger partial charge in [-0.3, -0.25) is 0 Å². The minimum Gasteiger partial charge on any atom is -0.350 e. The first-order chi connectivity index (χ1) is 16.6. The molecule has 0 amide bonds. The molecule has 9 heteroatoms. The van der Waals surface area contributed by atoms with Gasteiger partial charge in [-0.2, -0.15) is 24.7 Å². The molecule has 2 aliphatic rings. The summed E-state index contributed by atoms with van der Waals surface area (Å²) in [7, 11) is 0. The third kappa shape index (κ3) is 3.69. The predicted octanol–water partition coefficient (Wildman–Crippen LogP) is 3.24. The fraction of sp³-hybridized carbons (Fsp3) is 0.440. The summed E-state index contributed by atoms with van der Waals surface area (Å²) in [5, 5.41) is 16.0. The van der Waals surface area contributed by atoms with Gasteiger partial charge in [0.15, 0.2) is 5.65 Å². The lowest BCUT2D eigenvalue weighted by molar-refractivity contribution is 0.126. The number of nitrogens with zero attached hydrogens (tertiary/aromatic N) is 7. The molecular weight excluding hydrogens is 426 g/mol. The Morgan fingerprint density at radius 3 is 2.59 bits per heavy atom. The molecule has 1 spiro atoms. The number of rotatable bonds is 6. The van der Waals surface area contributed by atoms with Gasteiger partial charge >= 0.3 is 0 Å². The Balaban J connectivity index is 1.32. The van der Waals surface area contributed by atoms with Crippen molar-refractivity contribution in [1.29, 1.82) is 0 Å². The zero-order valence-electron chi connectivity index (χ0n) is 19.8. The van der Waals surface area contributed by atoms with E-state index in [2.05, 4.69) is 57.8 Å². The molecule has 0 aliphatic carbocycles. The van der Waals surface area contributed by atoms with Crippen molar-refractivity contribution in [3.8, 4) is 5.69 Å². The predicted molar refractivity (Wildman–Crippen MR) is 133 cm³/mol. The summed E-state index contributed by atoms with van der Waals surface area (Å²) in [5.74, 6) is 1.84. The first-order valence-corrected chi connectivity index (χ1v) is 12.2. The molecule has 0 atom stereocenters. The van der Waals surface area contributed by atoms with Crippen molar-refractivity contribution >= 4 is 17.5 Å². The molecule has 4 aromatic rings. The molecule has 2 saturated heterocycles. The van der Waals surface area contributed by atoms with E-state index in [1.807, 2.05) is 33.7 Å². The fourth-order valence-corrected chi connectivity index (χ4v) is 5.03. The number of anilines is 2. The highest BCUT2D eigenvalue weighted by Gasteiger charge is 2.40. The Labute approximate surface area is 199 Å². The number of nitrogens with one attached hydrogen (secondary N) is 2. The summed E-state index contributed by atoms with van der Waals surface area (Å²) in [5.41, 5.74) is 4.68. The standard InChI is InChI=1S/C25H31N9/c1-18(2)20-15-29-34-22(20)30-24(32-12-8-25(9-13-32)16-26-17-25)31-23(34)27-14-19-6-3-4-7-21(19)33-11-5-10-28-33/h3-7,10-11,15,18,26H,8-9,12-14,16-17H2,1-2H3,(H,27,30,31). The van der Waals surface area contributed by atoms with Crippen molar-refractivity contribution in [3.05, 3.63) is 60.0 Å². The SMILES string of the molecule is CC(C)c1cnn2c(NCc3ccccc3-n3cccn3)nc(N3CCC4(CC3)CNC4)nc12. The number of piperidine rings is 1. The highest BCUT2D eigenvalue weighted by atomic mass is 15.4. The Bertz CT molecular complexity index is 1280. The molecule has 34 heavy (non-hydrogen) atoms. The Morgan fingerprint density at radius 1 is 1.06 bits per heavy atom. The average Bonchev–Trinajstić information content (AvgIpc) is 3.52. The lowest BCUT2D eigenvalue weighted by Gasteiger charge is -2.48. The van der Waals surface area contributed by atoms with Crippen LogP contribution in [0.2, 0.25) is 0 Å². The van der Waals surface area contributed by atoms with Crippen LogP contribution in [-0.2, 0) is 6.54 Å².